The van der Waals surface area contributed by atoms with Crippen molar-refractivity contribution >= 4 is 21.7 Å². The Balaban J connectivity index is 2.14. The Hall–Kier alpha value is -2.28. The highest BCUT2D eigenvalue weighted by Gasteiger charge is 2.11. The van der Waals surface area contributed by atoms with E-state index < -0.39 is 0 Å². The molecule has 0 unspecified atom stereocenters. The van der Waals surface area contributed by atoms with Gasteiger partial charge in [0.05, 0.1) is 11.9 Å². The number of halogens is 1. The van der Waals surface area contributed by atoms with Crippen molar-refractivity contribution in [3.8, 4) is 22.8 Å². The Morgan fingerprint density at radius 3 is 2.85 bits per heavy atom. The van der Waals surface area contributed by atoms with Crippen LogP contribution >= 0.6 is 15.9 Å². The molecule has 0 amide bonds. The fourth-order valence-corrected chi connectivity index (χ4v) is 2.26. The Morgan fingerprint density at radius 2 is 2.15 bits per heavy atom. The van der Waals surface area contributed by atoms with E-state index in [1.807, 2.05) is 25.4 Å². The third-order valence-corrected chi connectivity index (χ3v) is 3.36. The average Bonchev–Trinajstić information content (AvgIpc) is 2.85. The quantitative estimate of drug-likeness (QED) is 0.779. The molecule has 0 radical (unpaired) electrons. The molecule has 0 aromatic carbocycles. The van der Waals surface area contributed by atoms with Crippen LogP contribution < -0.4 is 5.73 Å². The second-order valence-corrected chi connectivity index (χ2v) is 5.09. The van der Waals surface area contributed by atoms with Crippen molar-refractivity contribution < 1.29 is 0 Å². The summed E-state index contributed by atoms with van der Waals surface area (Å²) in [6, 6.07) is 5.44. The first-order valence-corrected chi connectivity index (χ1v) is 6.67. The maximum absolute atomic E-state index is 5.87. The third kappa shape index (κ3) is 2.39. The summed E-state index contributed by atoms with van der Waals surface area (Å²) in [6.07, 6.45) is 5.30. The summed E-state index contributed by atoms with van der Waals surface area (Å²) >= 11 is 3.44. The molecule has 100 valence electrons. The smallest absolute Gasteiger partial charge is 0.181 e. The fraction of sp³-hybridized carbons (Fsp3) is 0.0769. The number of nitrogen functional groups attached to an aromatic ring is 1. The molecule has 0 bridgehead atoms. The van der Waals surface area contributed by atoms with E-state index in [1.54, 1.807) is 23.1 Å². The lowest BCUT2D eigenvalue weighted by atomic mass is 10.2. The van der Waals surface area contributed by atoms with Gasteiger partial charge in [0.1, 0.15) is 11.5 Å². The summed E-state index contributed by atoms with van der Waals surface area (Å²) < 4.78 is 2.53. The van der Waals surface area contributed by atoms with E-state index in [4.69, 9.17) is 5.73 Å². The molecule has 0 saturated heterocycles. The van der Waals surface area contributed by atoms with Gasteiger partial charge in [0.2, 0.25) is 0 Å². The summed E-state index contributed by atoms with van der Waals surface area (Å²) in [7, 11) is 1.85. The summed E-state index contributed by atoms with van der Waals surface area (Å²) in [5.41, 5.74) is 8.13. The lowest BCUT2D eigenvalue weighted by Gasteiger charge is -2.05. The van der Waals surface area contributed by atoms with Crippen LogP contribution in [0, 0.1) is 0 Å². The van der Waals surface area contributed by atoms with Gasteiger partial charge >= 0.3 is 0 Å². The molecule has 0 aliphatic rings. The van der Waals surface area contributed by atoms with Gasteiger partial charge in [0.15, 0.2) is 5.82 Å². The summed E-state index contributed by atoms with van der Waals surface area (Å²) in [5, 5.41) is 4.13. The van der Waals surface area contributed by atoms with E-state index >= 15 is 0 Å². The minimum atomic E-state index is 0.395. The molecular weight excluding hydrogens is 320 g/mol. The van der Waals surface area contributed by atoms with E-state index in [0.29, 0.717) is 17.3 Å². The van der Waals surface area contributed by atoms with Crippen LogP contribution in [-0.4, -0.2) is 24.7 Å². The monoisotopic (exact) mass is 330 g/mol. The third-order valence-electron chi connectivity index (χ3n) is 2.72. The van der Waals surface area contributed by atoms with E-state index in [-0.39, 0.29) is 0 Å². The Kier molecular flexibility index (Phi) is 3.19. The van der Waals surface area contributed by atoms with Crippen molar-refractivity contribution in [2.24, 2.45) is 7.05 Å². The van der Waals surface area contributed by atoms with Crippen LogP contribution in [0.3, 0.4) is 0 Å². The highest BCUT2D eigenvalue weighted by Crippen LogP contribution is 2.26. The maximum atomic E-state index is 5.87. The zero-order valence-electron chi connectivity index (χ0n) is 10.7. The lowest BCUT2D eigenvalue weighted by molar-refractivity contribution is 0.768. The molecule has 0 aliphatic heterocycles. The maximum Gasteiger partial charge on any atom is 0.181 e. The van der Waals surface area contributed by atoms with Gasteiger partial charge in [-0.1, -0.05) is 0 Å². The first-order valence-electron chi connectivity index (χ1n) is 5.88. The topological polar surface area (TPSA) is 82.5 Å². The highest BCUT2D eigenvalue weighted by atomic mass is 79.9. The van der Waals surface area contributed by atoms with E-state index in [0.717, 1.165) is 15.7 Å². The first-order chi connectivity index (χ1) is 9.63. The zero-order valence-corrected chi connectivity index (χ0v) is 12.2. The van der Waals surface area contributed by atoms with Crippen LogP contribution in [0.1, 0.15) is 0 Å². The fourth-order valence-electron chi connectivity index (χ4n) is 1.82. The van der Waals surface area contributed by atoms with Crippen LogP contribution in [0.4, 0.5) is 5.82 Å². The van der Waals surface area contributed by atoms with Crippen molar-refractivity contribution in [3.63, 3.8) is 0 Å². The van der Waals surface area contributed by atoms with Gasteiger partial charge in [-0.15, -0.1) is 0 Å². The molecular formula is C13H11BrN6. The predicted molar refractivity (Wildman–Crippen MR) is 79.6 cm³/mol. The highest BCUT2D eigenvalue weighted by molar-refractivity contribution is 9.10. The number of nitrogens with two attached hydrogens (primary N) is 1. The second kappa shape index (κ2) is 5.01. The van der Waals surface area contributed by atoms with E-state index in [1.165, 1.54) is 0 Å². The number of nitrogens with zero attached hydrogens (tertiary/aromatic N) is 5. The van der Waals surface area contributed by atoms with Crippen molar-refractivity contribution in [3.05, 3.63) is 41.3 Å². The number of hydrogen-bond acceptors (Lipinski definition) is 5. The molecule has 0 aliphatic carbocycles. The Labute approximate surface area is 123 Å². The zero-order chi connectivity index (χ0) is 14.1. The molecule has 6 nitrogen and oxygen atoms in total. The van der Waals surface area contributed by atoms with Crippen LogP contribution in [0.25, 0.3) is 22.8 Å². The molecule has 7 heteroatoms. The number of aromatic nitrogens is 5. The van der Waals surface area contributed by atoms with Crippen molar-refractivity contribution in [1.82, 2.24) is 24.7 Å². The first kappa shape index (κ1) is 12.7. The van der Waals surface area contributed by atoms with Gasteiger partial charge in [0.25, 0.3) is 0 Å². The standard InChI is InChI=1S/C13H11BrN6/c1-20-7-8(6-17-20)10-5-11(15)19-13(18-10)12-9(14)3-2-4-16-12/h2-7H,1H3,(H2,15,18,19). The molecule has 3 aromatic rings. The Bertz CT molecular complexity index is 767. The van der Waals surface area contributed by atoms with Gasteiger partial charge in [-0.05, 0) is 28.1 Å². The van der Waals surface area contributed by atoms with E-state index in [2.05, 4.69) is 36.0 Å². The van der Waals surface area contributed by atoms with Crippen LogP contribution in [0.5, 0.6) is 0 Å². The van der Waals surface area contributed by atoms with E-state index in [9.17, 15) is 0 Å². The van der Waals surface area contributed by atoms with Crippen LogP contribution in [-0.2, 0) is 7.05 Å². The molecule has 0 saturated carbocycles. The largest absolute Gasteiger partial charge is 0.384 e. The number of aryl methyl sites for hydroxylation is 1. The minimum Gasteiger partial charge on any atom is -0.384 e. The van der Waals surface area contributed by atoms with Crippen molar-refractivity contribution in [2.45, 2.75) is 0 Å². The number of rotatable bonds is 2. The number of pyridine rings is 1. The summed E-state index contributed by atoms with van der Waals surface area (Å²) in [6.45, 7) is 0. The molecule has 0 fully saturated rings. The van der Waals surface area contributed by atoms with Crippen molar-refractivity contribution in [2.75, 3.05) is 5.73 Å². The number of anilines is 1. The normalized spacial score (nSPS) is 10.7. The molecule has 0 atom stereocenters. The van der Waals surface area contributed by atoms with Gasteiger partial charge < -0.3 is 5.73 Å². The van der Waals surface area contributed by atoms with Gasteiger partial charge in [0, 0.05) is 35.5 Å². The molecule has 3 rings (SSSR count). The van der Waals surface area contributed by atoms with Crippen LogP contribution in [0.2, 0.25) is 0 Å². The Morgan fingerprint density at radius 1 is 1.30 bits per heavy atom. The SMILES string of the molecule is Cn1cc(-c2cc(N)nc(-c3ncccc3Br)n2)cn1. The number of hydrogen-bond donors (Lipinski definition) is 1. The molecule has 3 heterocycles. The van der Waals surface area contributed by atoms with Gasteiger partial charge in [-0.2, -0.15) is 5.10 Å². The minimum absolute atomic E-state index is 0.395. The molecule has 2 N–H and O–H groups in total. The van der Waals surface area contributed by atoms with Gasteiger partial charge in [-0.3, -0.25) is 9.67 Å². The summed E-state index contributed by atoms with van der Waals surface area (Å²) in [4.78, 5) is 13.0. The predicted octanol–water partition coefficient (Wildman–Crippen LogP) is 2.28. The lowest BCUT2D eigenvalue weighted by Crippen LogP contribution is -1.99. The average molecular weight is 331 g/mol. The van der Waals surface area contributed by atoms with Gasteiger partial charge in [-0.25, -0.2) is 9.97 Å². The summed E-state index contributed by atoms with van der Waals surface area (Å²) in [5.74, 6) is 0.878. The molecule has 20 heavy (non-hydrogen) atoms. The molecule has 0 spiro atoms. The second-order valence-electron chi connectivity index (χ2n) is 4.24. The van der Waals surface area contributed by atoms with Crippen LogP contribution in [0.15, 0.2) is 41.3 Å². The van der Waals surface area contributed by atoms with Crippen molar-refractivity contribution in [1.29, 1.82) is 0 Å². The molecule has 3 aromatic heterocycles.